The molecular weight excluding hydrogens is 232 g/mol. The van der Waals surface area contributed by atoms with Gasteiger partial charge in [-0.25, -0.2) is 0 Å². The molecule has 3 atom stereocenters. The Morgan fingerprint density at radius 1 is 1.16 bits per heavy atom. The largest absolute Gasteiger partial charge is 0.382 e. The van der Waals surface area contributed by atoms with Crippen molar-refractivity contribution in [2.24, 2.45) is 11.8 Å². The first-order valence-corrected chi connectivity index (χ1v) is 7.52. The maximum atomic E-state index is 3.75. The first kappa shape index (κ1) is 14.2. The second-order valence-corrected chi connectivity index (χ2v) is 6.54. The maximum Gasteiger partial charge on any atom is 0.0411 e. The van der Waals surface area contributed by atoms with Gasteiger partial charge in [0, 0.05) is 31.5 Å². The average Bonchev–Trinajstić information content (AvgIpc) is 2.34. The van der Waals surface area contributed by atoms with Gasteiger partial charge >= 0.3 is 0 Å². The van der Waals surface area contributed by atoms with Crippen molar-refractivity contribution in [1.82, 2.24) is 0 Å². The summed E-state index contributed by atoms with van der Waals surface area (Å²) in [7, 11) is 4.22. The fourth-order valence-corrected chi connectivity index (χ4v) is 3.27. The van der Waals surface area contributed by atoms with Gasteiger partial charge in [-0.2, -0.15) is 0 Å². The van der Waals surface area contributed by atoms with Gasteiger partial charge in [0.25, 0.3) is 0 Å². The standard InChI is InChI=1S/C17H28N2/c1-12-6-9-16(14(3)10-12)18-15-8-7-13(2)17(11-15)19(4)5/h7-8,11-12,14,16,18H,6,9-10H2,1-5H3. The fourth-order valence-electron chi connectivity index (χ4n) is 3.27. The summed E-state index contributed by atoms with van der Waals surface area (Å²) in [6, 6.07) is 7.34. The monoisotopic (exact) mass is 260 g/mol. The van der Waals surface area contributed by atoms with Gasteiger partial charge in [0.05, 0.1) is 0 Å². The van der Waals surface area contributed by atoms with Crippen LogP contribution in [-0.4, -0.2) is 20.1 Å². The molecule has 3 unspecified atom stereocenters. The number of rotatable bonds is 3. The number of hydrogen-bond acceptors (Lipinski definition) is 2. The molecule has 0 amide bonds. The molecule has 2 nitrogen and oxygen atoms in total. The Balaban J connectivity index is 2.09. The summed E-state index contributed by atoms with van der Waals surface area (Å²) in [4.78, 5) is 2.19. The zero-order valence-electron chi connectivity index (χ0n) is 13.0. The molecule has 2 heteroatoms. The molecule has 1 aliphatic rings. The average molecular weight is 260 g/mol. The van der Waals surface area contributed by atoms with E-state index in [1.54, 1.807) is 0 Å². The quantitative estimate of drug-likeness (QED) is 0.871. The van der Waals surface area contributed by atoms with E-state index in [1.165, 1.54) is 36.2 Å². The van der Waals surface area contributed by atoms with Gasteiger partial charge in [-0.3, -0.25) is 0 Å². The van der Waals surface area contributed by atoms with Crippen molar-refractivity contribution in [2.75, 3.05) is 24.3 Å². The highest BCUT2D eigenvalue weighted by Crippen LogP contribution is 2.31. The minimum absolute atomic E-state index is 0.633. The summed E-state index contributed by atoms with van der Waals surface area (Å²) in [6.45, 7) is 6.93. The van der Waals surface area contributed by atoms with Crippen molar-refractivity contribution < 1.29 is 0 Å². The third-order valence-corrected chi connectivity index (χ3v) is 4.47. The lowest BCUT2D eigenvalue weighted by Gasteiger charge is -2.34. The van der Waals surface area contributed by atoms with E-state index in [1.807, 2.05) is 0 Å². The summed E-state index contributed by atoms with van der Waals surface area (Å²) in [5.41, 5.74) is 3.91. The van der Waals surface area contributed by atoms with E-state index in [0.29, 0.717) is 6.04 Å². The predicted octanol–water partition coefficient (Wildman–Crippen LogP) is 4.30. The zero-order chi connectivity index (χ0) is 14.0. The Hall–Kier alpha value is -1.18. The Morgan fingerprint density at radius 2 is 1.89 bits per heavy atom. The normalized spacial score (nSPS) is 27.1. The van der Waals surface area contributed by atoms with Gasteiger partial charge < -0.3 is 10.2 Å². The summed E-state index contributed by atoms with van der Waals surface area (Å²) in [6.07, 6.45) is 4.01. The van der Waals surface area contributed by atoms with E-state index in [2.05, 4.69) is 63.3 Å². The van der Waals surface area contributed by atoms with Crippen molar-refractivity contribution in [1.29, 1.82) is 0 Å². The molecule has 1 saturated carbocycles. The molecule has 1 aliphatic carbocycles. The summed E-state index contributed by atoms with van der Waals surface area (Å²) < 4.78 is 0. The number of anilines is 2. The first-order chi connectivity index (χ1) is 8.97. The van der Waals surface area contributed by atoms with E-state index in [0.717, 1.165) is 11.8 Å². The van der Waals surface area contributed by atoms with E-state index >= 15 is 0 Å². The third-order valence-electron chi connectivity index (χ3n) is 4.47. The molecule has 106 valence electrons. The molecule has 1 aromatic rings. The number of hydrogen-bond donors (Lipinski definition) is 1. The van der Waals surface area contributed by atoms with Gasteiger partial charge in [0.1, 0.15) is 0 Å². The summed E-state index contributed by atoms with van der Waals surface area (Å²) in [5, 5.41) is 3.75. The highest BCUT2D eigenvalue weighted by atomic mass is 15.1. The lowest BCUT2D eigenvalue weighted by atomic mass is 9.80. The molecule has 0 aromatic heterocycles. The molecule has 1 N–H and O–H groups in total. The highest BCUT2D eigenvalue weighted by molar-refractivity contribution is 5.62. The molecule has 0 heterocycles. The number of nitrogens with zero attached hydrogens (tertiary/aromatic N) is 1. The first-order valence-electron chi connectivity index (χ1n) is 7.52. The van der Waals surface area contributed by atoms with Crippen LogP contribution in [0.5, 0.6) is 0 Å². The molecule has 0 aliphatic heterocycles. The molecular formula is C17H28N2. The van der Waals surface area contributed by atoms with Crippen LogP contribution in [0.1, 0.15) is 38.7 Å². The van der Waals surface area contributed by atoms with Crippen LogP contribution in [-0.2, 0) is 0 Å². The lowest BCUT2D eigenvalue weighted by Crippen LogP contribution is -2.33. The molecule has 1 fully saturated rings. The van der Waals surface area contributed by atoms with Crippen LogP contribution >= 0.6 is 0 Å². The molecule has 0 bridgehead atoms. The van der Waals surface area contributed by atoms with Crippen LogP contribution < -0.4 is 10.2 Å². The molecule has 0 radical (unpaired) electrons. The fraction of sp³-hybridized carbons (Fsp3) is 0.647. The van der Waals surface area contributed by atoms with Crippen molar-refractivity contribution >= 4 is 11.4 Å². The van der Waals surface area contributed by atoms with Crippen molar-refractivity contribution in [2.45, 2.75) is 46.1 Å². The minimum atomic E-state index is 0.633. The van der Waals surface area contributed by atoms with Crippen LogP contribution in [0.25, 0.3) is 0 Å². The van der Waals surface area contributed by atoms with Crippen LogP contribution in [0.3, 0.4) is 0 Å². The van der Waals surface area contributed by atoms with Gasteiger partial charge in [-0.1, -0.05) is 19.9 Å². The number of nitrogens with one attached hydrogen (secondary N) is 1. The Bertz CT molecular complexity index is 425. The molecule has 2 rings (SSSR count). The summed E-state index contributed by atoms with van der Waals surface area (Å²) in [5.74, 6) is 1.66. The topological polar surface area (TPSA) is 15.3 Å². The van der Waals surface area contributed by atoms with E-state index < -0.39 is 0 Å². The van der Waals surface area contributed by atoms with Crippen molar-refractivity contribution in [3.05, 3.63) is 23.8 Å². The van der Waals surface area contributed by atoms with Crippen LogP contribution in [0.15, 0.2) is 18.2 Å². The highest BCUT2D eigenvalue weighted by Gasteiger charge is 2.25. The van der Waals surface area contributed by atoms with E-state index in [4.69, 9.17) is 0 Å². The van der Waals surface area contributed by atoms with Gasteiger partial charge in [-0.05, 0) is 55.7 Å². The number of benzene rings is 1. The Labute approximate surface area is 118 Å². The van der Waals surface area contributed by atoms with Crippen LogP contribution in [0, 0.1) is 18.8 Å². The number of aryl methyl sites for hydroxylation is 1. The molecule has 19 heavy (non-hydrogen) atoms. The second kappa shape index (κ2) is 5.85. The van der Waals surface area contributed by atoms with Crippen molar-refractivity contribution in [3.8, 4) is 0 Å². The van der Waals surface area contributed by atoms with Crippen LogP contribution in [0.2, 0.25) is 0 Å². The predicted molar refractivity (Wildman–Crippen MR) is 85.1 cm³/mol. The van der Waals surface area contributed by atoms with Gasteiger partial charge in [-0.15, -0.1) is 0 Å². The summed E-state index contributed by atoms with van der Waals surface area (Å²) >= 11 is 0. The van der Waals surface area contributed by atoms with Crippen molar-refractivity contribution in [3.63, 3.8) is 0 Å². The van der Waals surface area contributed by atoms with E-state index in [-0.39, 0.29) is 0 Å². The Morgan fingerprint density at radius 3 is 2.53 bits per heavy atom. The third kappa shape index (κ3) is 3.43. The molecule has 0 spiro atoms. The minimum Gasteiger partial charge on any atom is -0.382 e. The smallest absolute Gasteiger partial charge is 0.0411 e. The van der Waals surface area contributed by atoms with Crippen LogP contribution in [0.4, 0.5) is 11.4 Å². The van der Waals surface area contributed by atoms with Gasteiger partial charge in [0.15, 0.2) is 0 Å². The second-order valence-electron chi connectivity index (χ2n) is 6.54. The molecule has 0 saturated heterocycles. The van der Waals surface area contributed by atoms with Gasteiger partial charge in [0.2, 0.25) is 0 Å². The lowest BCUT2D eigenvalue weighted by molar-refractivity contribution is 0.276. The molecule has 1 aromatic carbocycles. The Kier molecular flexibility index (Phi) is 4.38. The van der Waals surface area contributed by atoms with E-state index in [9.17, 15) is 0 Å². The zero-order valence-corrected chi connectivity index (χ0v) is 13.0. The maximum absolute atomic E-state index is 3.75. The SMILES string of the molecule is Cc1ccc(NC2CCC(C)CC2C)cc1N(C)C.